The van der Waals surface area contributed by atoms with E-state index in [1.165, 1.54) is 0 Å². The summed E-state index contributed by atoms with van der Waals surface area (Å²) in [5, 5.41) is 12.0. The standard InChI is InChI=1S/C24H25NO6/c1-14-18-9-10-20(30-16(3)23(28)25-12-11-21(26)27)15(2)22(18)31-24(29)19(14)13-17-7-5-4-6-8-17/h4-10,16H,11-13H2,1-3H3,(H,25,28)(H,26,27)/t16-/m0/s1. The molecule has 0 aliphatic carbocycles. The molecular formula is C24H25NO6. The minimum absolute atomic E-state index is 0.0246. The molecule has 0 aliphatic heterocycles. The Bertz CT molecular complexity index is 1170. The number of hydrogen-bond donors (Lipinski definition) is 2. The number of ether oxygens (including phenoxy) is 1. The lowest BCUT2D eigenvalue weighted by atomic mass is 9.98. The number of aliphatic carboxylic acids is 1. The minimum atomic E-state index is -0.990. The van der Waals surface area contributed by atoms with E-state index in [1.54, 1.807) is 19.9 Å². The number of carboxylic acid groups (broad SMARTS) is 1. The van der Waals surface area contributed by atoms with Crippen molar-refractivity contribution >= 4 is 22.8 Å². The lowest BCUT2D eigenvalue weighted by Crippen LogP contribution is -2.37. The van der Waals surface area contributed by atoms with Crippen LogP contribution < -0.4 is 15.7 Å². The van der Waals surface area contributed by atoms with Gasteiger partial charge in [-0.1, -0.05) is 30.3 Å². The van der Waals surface area contributed by atoms with Gasteiger partial charge in [-0.25, -0.2) is 4.79 Å². The first kappa shape index (κ1) is 22.1. The molecule has 162 valence electrons. The zero-order valence-electron chi connectivity index (χ0n) is 17.7. The molecule has 3 aromatic rings. The smallest absolute Gasteiger partial charge is 0.340 e. The maximum absolute atomic E-state index is 12.7. The lowest BCUT2D eigenvalue weighted by Gasteiger charge is -2.17. The van der Waals surface area contributed by atoms with Crippen LogP contribution in [0.4, 0.5) is 0 Å². The molecule has 3 rings (SSSR count). The van der Waals surface area contributed by atoms with Gasteiger partial charge in [-0.15, -0.1) is 0 Å². The fraction of sp³-hybridized carbons (Fsp3) is 0.292. The second-order valence-electron chi connectivity index (χ2n) is 7.42. The minimum Gasteiger partial charge on any atom is -0.481 e. The Hall–Kier alpha value is -3.61. The second kappa shape index (κ2) is 9.47. The quantitative estimate of drug-likeness (QED) is 0.538. The summed E-state index contributed by atoms with van der Waals surface area (Å²) in [5.41, 5.74) is 3.14. The number of nitrogens with one attached hydrogen (secondary N) is 1. The number of fused-ring (bicyclic) bond motifs is 1. The Morgan fingerprint density at radius 3 is 2.48 bits per heavy atom. The molecule has 0 saturated carbocycles. The zero-order valence-corrected chi connectivity index (χ0v) is 17.7. The number of carbonyl (C=O) groups is 2. The Morgan fingerprint density at radius 1 is 1.10 bits per heavy atom. The van der Waals surface area contributed by atoms with Crippen LogP contribution in [0, 0.1) is 13.8 Å². The molecule has 1 heterocycles. The Labute approximate surface area is 179 Å². The molecule has 1 aromatic heterocycles. The third kappa shape index (κ3) is 5.12. The van der Waals surface area contributed by atoms with E-state index in [1.807, 2.05) is 43.3 Å². The van der Waals surface area contributed by atoms with Gasteiger partial charge in [0.25, 0.3) is 5.91 Å². The second-order valence-corrected chi connectivity index (χ2v) is 7.42. The summed E-state index contributed by atoms with van der Waals surface area (Å²) in [6, 6.07) is 13.3. The van der Waals surface area contributed by atoms with Crippen molar-refractivity contribution in [3.63, 3.8) is 0 Å². The molecule has 7 nitrogen and oxygen atoms in total. The third-order valence-electron chi connectivity index (χ3n) is 5.19. The molecule has 0 bridgehead atoms. The molecule has 1 atom stereocenters. The highest BCUT2D eigenvalue weighted by Crippen LogP contribution is 2.30. The highest BCUT2D eigenvalue weighted by molar-refractivity contribution is 5.86. The van der Waals surface area contributed by atoms with E-state index >= 15 is 0 Å². The Morgan fingerprint density at radius 2 is 1.81 bits per heavy atom. The molecule has 31 heavy (non-hydrogen) atoms. The summed E-state index contributed by atoms with van der Waals surface area (Å²) in [6.45, 7) is 5.27. The highest BCUT2D eigenvalue weighted by Gasteiger charge is 2.19. The fourth-order valence-electron chi connectivity index (χ4n) is 3.38. The van der Waals surface area contributed by atoms with Gasteiger partial charge in [0.1, 0.15) is 11.3 Å². The summed E-state index contributed by atoms with van der Waals surface area (Å²) in [5.74, 6) is -0.986. The normalized spacial score (nSPS) is 11.8. The molecule has 0 saturated heterocycles. The van der Waals surface area contributed by atoms with Crippen LogP contribution in [0.15, 0.2) is 51.7 Å². The number of amides is 1. The lowest BCUT2D eigenvalue weighted by molar-refractivity contribution is -0.137. The molecular weight excluding hydrogens is 398 g/mol. The fourth-order valence-corrected chi connectivity index (χ4v) is 3.38. The molecule has 0 spiro atoms. The van der Waals surface area contributed by atoms with Gasteiger partial charge in [0, 0.05) is 29.5 Å². The monoisotopic (exact) mass is 423 g/mol. The maximum atomic E-state index is 12.7. The predicted octanol–water partition coefficient (Wildman–Crippen LogP) is 3.36. The molecule has 0 radical (unpaired) electrons. The summed E-state index contributed by atoms with van der Waals surface area (Å²) < 4.78 is 11.4. The molecule has 7 heteroatoms. The molecule has 2 N–H and O–H groups in total. The van der Waals surface area contributed by atoms with Gasteiger partial charge in [0.15, 0.2) is 6.10 Å². The zero-order chi connectivity index (χ0) is 22.5. The van der Waals surface area contributed by atoms with E-state index in [4.69, 9.17) is 14.3 Å². The van der Waals surface area contributed by atoms with Crippen molar-refractivity contribution < 1.29 is 23.8 Å². The number of rotatable bonds is 8. The average Bonchev–Trinajstić information content (AvgIpc) is 2.74. The number of hydrogen-bond acceptors (Lipinski definition) is 5. The largest absolute Gasteiger partial charge is 0.481 e. The van der Waals surface area contributed by atoms with Gasteiger partial charge in [0.2, 0.25) is 0 Å². The van der Waals surface area contributed by atoms with Gasteiger partial charge in [-0.3, -0.25) is 9.59 Å². The van der Waals surface area contributed by atoms with Crippen molar-refractivity contribution in [3.8, 4) is 5.75 Å². The van der Waals surface area contributed by atoms with Gasteiger partial charge in [-0.05, 0) is 44.0 Å². The third-order valence-corrected chi connectivity index (χ3v) is 5.19. The van der Waals surface area contributed by atoms with Crippen molar-refractivity contribution in [1.29, 1.82) is 0 Å². The SMILES string of the molecule is Cc1c(Cc2ccccc2)c(=O)oc2c(C)c(O[C@@H](C)C(=O)NCCC(=O)O)ccc12. The summed E-state index contributed by atoms with van der Waals surface area (Å²) in [7, 11) is 0. The number of carbonyl (C=O) groups excluding carboxylic acids is 1. The van der Waals surface area contributed by atoms with Crippen molar-refractivity contribution in [2.45, 2.75) is 39.7 Å². The van der Waals surface area contributed by atoms with E-state index in [-0.39, 0.29) is 13.0 Å². The van der Waals surface area contributed by atoms with Crippen LogP contribution in [0.3, 0.4) is 0 Å². The van der Waals surface area contributed by atoms with Crippen LogP contribution in [-0.4, -0.2) is 29.6 Å². The van der Waals surface area contributed by atoms with Crippen LogP contribution in [0.5, 0.6) is 5.75 Å². The molecule has 2 aromatic carbocycles. The van der Waals surface area contributed by atoms with Gasteiger partial charge in [-0.2, -0.15) is 0 Å². The van der Waals surface area contributed by atoms with Crippen LogP contribution in [-0.2, 0) is 16.0 Å². The first-order chi connectivity index (χ1) is 14.8. The Balaban J connectivity index is 1.85. The van der Waals surface area contributed by atoms with Crippen LogP contribution in [0.1, 0.15) is 35.6 Å². The summed E-state index contributed by atoms with van der Waals surface area (Å²) in [4.78, 5) is 35.4. The summed E-state index contributed by atoms with van der Waals surface area (Å²) >= 11 is 0. The van der Waals surface area contributed by atoms with Gasteiger partial charge in [0.05, 0.1) is 6.42 Å². The van der Waals surface area contributed by atoms with Gasteiger partial charge >= 0.3 is 11.6 Å². The Kier molecular flexibility index (Phi) is 6.74. The van der Waals surface area contributed by atoms with Gasteiger partial charge < -0.3 is 19.6 Å². The first-order valence-corrected chi connectivity index (χ1v) is 10.0. The first-order valence-electron chi connectivity index (χ1n) is 10.0. The van der Waals surface area contributed by atoms with Crippen LogP contribution in [0.25, 0.3) is 11.0 Å². The molecule has 0 unspecified atom stereocenters. The van der Waals surface area contributed by atoms with E-state index in [9.17, 15) is 14.4 Å². The number of aryl methyl sites for hydroxylation is 2. The van der Waals surface area contributed by atoms with Crippen LogP contribution >= 0.6 is 0 Å². The van der Waals surface area contributed by atoms with E-state index in [2.05, 4.69) is 5.32 Å². The molecule has 1 amide bonds. The van der Waals surface area contributed by atoms with E-state index < -0.39 is 23.6 Å². The topological polar surface area (TPSA) is 106 Å². The van der Waals surface area contributed by atoms with Crippen LogP contribution in [0.2, 0.25) is 0 Å². The predicted molar refractivity (Wildman–Crippen MR) is 117 cm³/mol. The molecule has 0 fully saturated rings. The summed E-state index contributed by atoms with van der Waals surface area (Å²) in [6.07, 6.45) is -0.519. The maximum Gasteiger partial charge on any atom is 0.340 e. The van der Waals surface area contributed by atoms with E-state index in [0.717, 1.165) is 16.5 Å². The van der Waals surface area contributed by atoms with Crippen molar-refractivity contribution in [2.24, 2.45) is 0 Å². The highest BCUT2D eigenvalue weighted by atomic mass is 16.5. The number of benzene rings is 2. The van der Waals surface area contributed by atoms with Crippen molar-refractivity contribution in [2.75, 3.05) is 6.54 Å². The number of carboxylic acids is 1. The van der Waals surface area contributed by atoms with Crippen molar-refractivity contribution in [3.05, 3.63) is 75.1 Å². The van der Waals surface area contributed by atoms with E-state index in [0.29, 0.717) is 28.9 Å². The molecule has 0 aliphatic rings. The average molecular weight is 423 g/mol. The van der Waals surface area contributed by atoms with Crippen molar-refractivity contribution in [1.82, 2.24) is 5.32 Å².